The number of amides is 1. The van der Waals surface area contributed by atoms with Gasteiger partial charge in [-0.1, -0.05) is 36.4 Å². The molecule has 2 heterocycles. The summed E-state index contributed by atoms with van der Waals surface area (Å²) in [6.07, 6.45) is 0.736. The summed E-state index contributed by atoms with van der Waals surface area (Å²) in [6, 6.07) is 22.1. The summed E-state index contributed by atoms with van der Waals surface area (Å²) in [5, 5.41) is 3.93. The van der Waals surface area contributed by atoms with E-state index in [-0.39, 0.29) is 5.91 Å². The first kappa shape index (κ1) is 19.3. The number of thiazole rings is 1. The van der Waals surface area contributed by atoms with Gasteiger partial charge in [0.1, 0.15) is 6.04 Å². The molecule has 154 valence electrons. The number of nitrogens with one attached hydrogen (secondary N) is 1. The molecule has 0 aliphatic heterocycles. The normalized spacial score (nSPS) is 12.3. The van der Waals surface area contributed by atoms with E-state index in [0.717, 1.165) is 22.5 Å². The predicted octanol–water partition coefficient (Wildman–Crippen LogP) is 4.99. The van der Waals surface area contributed by atoms with E-state index in [2.05, 4.69) is 16.4 Å². The van der Waals surface area contributed by atoms with E-state index in [1.165, 1.54) is 9.27 Å². The Morgan fingerprint density at radius 3 is 2.61 bits per heavy atom. The van der Waals surface area contributed by atoms with Crippen molar-refractivity contribution in [2.45, 2.75) is 19.4 Å². The first-order valence-electron chi connectivity index (χ1n) is 9.93. The van der Waals surface area contributed by atoms with Crippen molar-refractivity contribution >= 4 is 44.2 Å². The zero-order chi connectivity index (χ0) is 21.4. The van der Waals surface area contributed by atoms with Crippen molar-refractivity contribution in [2.75, 3.05) is 5.32 Å². The molecule has 0 unspecified atom stereocenters. The van der Waals surface area contributed by atoms with Crippen LogP contribution in [0.1, 0.15) is 23.5 Å². The van der Waals surface area contributed by atoms with E-state index in [9.17, 15) is 9.59 Å². The molecule has 6 nitrogen and oxygen atoms in total. The highest BCUT2D eigenvalue weighted by atomic mass is 32.1. The van der Waals surface area contributed by atoms with Crippen LogP contribution in [0.25, 0.3) is 21.3 Å². The average Bonchev–Trinajstić information content (AvgIpc) is 3.33. The third-order valence-corrected chi connectivity index (χ3v) is 6.24. The molecule has 5 rings (SSSR count). The molecule has 0 radical (unpaired) electrons. The van der Waals surface area contributed by atoms with Crippen molar-refractivity contribution in [2.24, 2.45) is 0 Å². The van der Waals surface area contributed by atoms with Crippen molar-refractivity contribution in [1.29, 1.82) is 0 Å². The molecule has 0 bridgehead atoms. The molecule has 7 heteroatoms. The van der Waals surface area contributed by atoms with Gasteiger partial charge in [-0.25, -0.2) is 9.78 Å². The van der Waals surface area contributed by atoms with E-state index >= 15 is 0 Å². The zero-order valence-electron chi connectivity index (χ0n) is 16.7. The number of anilines is 1. The number of oxazole rings is 1. The van der Waals surface area contributed by atoms with Crippen LogP contribution in [0.4, 0.5) is 5.69 Å². The van der Waals surface area contributed by atoms with Crippen LogP contribution in [-0.2, 0) is 11.2 Å². The van der Waals surface area contributed by atoms with Crippen molar-refractivity contribution in [1.82, 2.24) is 9.55 Å². The molecular formula is C24H19N3O3S. The summed E-state index contributed by atoms with van der Waals surface area (Å²) < 4.78 is 7.78. The summed E-state index contributed by atoms with van der Waals surface area (Å²) in [5.41, 5.74) is 3.86. The van der Waals surface area contributed by atoms with E-state index in [1.807, 2.05) is 48.5 Å². The molecular weight excluding hydrogens is 410 g/mol. The third kappa shape index (κ3) is 3.75. The maximum atomic E-state index is 12.8. The highest BCUT2D eigenvalue weighted by Gasteiger charge is 2.21. The molecule has 5 aromatic rings. The second-order valence-electron chi connectivity index (χ2n) is 7.32. The Kier molecular flexibility index (Phi) is 4.88. The number of carbonyl (C=O) groups is 1. The molecule has 1 atom stereocenters. The standard InChI is InChI=1S/C24H19N3O3S/c1-15(27-19-7-3-4-8-20(19)30-24(27)29)23(28)25-17-12-10-16(11-13-17)14-22-26-18-6-2-5-9-21(18)31-22/h2-13,15H,14H2,1H3,(H,25,28)/t15-/m1/s1. The van der Waals surface area contributed by atoms with Gasteiger partial charge in [0, 0.05) is 12.1 Å². The lowest BCUT2D eigenvalue weighted by Crippen LogP contribution is -2.29. The first-order chi connectivity index (χ1) is 15.1. The number of hydrogen-bond donors (Lipinski definition) is 1. The Balaban J connectivity index is 1.30. The lowest BCUT2D eigenvalue weighted by molar-refractivity contribution is -0.118. The highest BCUT2D eigenvalue weighted by Crippen LogP contribution is 2.24. The molecule has 1 amide bonds. The van der Waals surface area contributed by atoms with Crippen LogP contribution in [0.2, 0.25) is 0 Å². The summed E-state index contributed by atoms with van der Waals surface area (Å²) in [7, 11) is 0. The Labute approximate surface area is 181 Å². The van der Waals surface area contributed by atoms with Crippen LogP contribution >= 0.6 is 11.3 Å². The number of hydrogen-bond acceptors (Lipinski definition) is 5. The van der Waals surface area contributed by atoms with Gasteiger partial charge in [-0.15, -0.1) is 11.3 Å². The summed E-state index contributed by atoms with van der Waals surface area (Å²) >= 11 is 1.69. The lowest BCUT2D eigenvalue weighted by Gasteiger charge is -2.13. The van der Waals surface area contributed by atoms with Gasteiger partial charge in [0.15, 0.2) is 5.58 Å². The smallest absolute Gasteiger partial charge is 0.408 e. The minimum absolute atomic E-state index is 0.285. The fraction of sp³-hybridized carbons (Fsp3) is 0.125. The van der Waals surface area contributed by atoms with Crippen LogP contribution < -0.4 is 11.1 Å². The number of nitrogens with zero attached hydrogens (tertiary/aromatic N) is 2. The Hall–Kier alpha value is -3.71. The van der Waals surface area contributed by atoms with Crippen LogP contribution in [0, 0.1) is 0 Å². The Bertz CT molecular complexity index is 1410. The second-order valence-corrected chi connectivity index (χ2v) is 8.44. The minimum atomic E-state index is -0.710. The summed E-state index contributed by atoms with van der Waals surface area (Å²) in [4.78, 5) is 29.7. The molecule has 2 aromatic heterocycles. The monoisotopic (exact) mass is 429 g/mol. The molecule has 31 heavy (non-hydrogen) atoms. The molecule has 0 aliphatic rings. The number of benzene rings is 3. The van der Waals surface area contributed by atoms with Gasteiger partial charge in [0.05, 0.1) is 20.7 Å². The highest BCUT2D eigenvalue weighted by molar-refractivity contribution is 7.18. The van der Waals surface area contributed by atoms with Gasteiger partial charge in [-0.3, -0.25) is 9.36 Å². The van der Waals surface area contributed by atoms with Crippen LogP contribution in [-0.4, -0.2) is 15.5 Å². The third-order valence-electron chi connectivity index (χ3n) is 5.20. The first-order valence-corrected chi connectivity index (χ1v) is 10.7. The van der Waals surface area contributed by atoms with Gasteiger partial charge >= 0.3 is 5.76 Å². The molecule has 0 saturated carbocycles. The molecule has 0 spiro atoms. The maximum Gasteiger partial charge on any atom is 0.420 e. The number of carbonyl (C=O) groups excluding carboxylic acids is 1. The SMILES string of the molecule is C[C@H](C(=O)Nc1ccc(Cc2nc3ccccc3s2)cc1)n1c(=O)oc2ccccc21. The molecule has 1 N–H and O–H groups in total. The quantitative estimate of drug-likeness (QED) is 0.427. The van der Waals surface area contributed by atoms with E-state index in [4.69, 9.17) is 4.42 Å². The summed E-state index contributed by atoms with van der Waals surface area (Å²) in [5.74, 6) is -0.831. The van der Waals surface area contributed by atoms with E-state index in [0.29, 0.717) is 16.8 Å². The number of rotatable bonds is 5. The van der Waals surface area contributed by atoms with E-state index < -0.39 is 11.8 Å². The van der Waals surface area contributed by atoms with Crippen molar-refractivity contribution in [3.63, 3.8) is 0 Å². The van der Waals surface area contributed by atoms with Gasteiger partial charge in [-0.2, -0.15) is 0 Å². The number of aromatic nitrogens is 2. The van der Waals surface area contributed by atoms with Crippen molar-refractivity contribution < 1.29 is 9.21 Å². The van der Waals surface area contributed by atoms with Crippen molar-refractivity contribution in [3.8, 4) is 0 Å². The van der Waals surface area contributed by atoms with Crippen LogP contribution in [0.15, 0.2) is 82.0 Å². The van der Waals surface area contributed by atoms with Gasteiger partial charge in [-0.05, 0) is 48.9 Å². The van der Waals surface area contributed by atoms with Crippen LogP contribution in [0.5, 0.6) is 0 Å². The second kappa shape index (κ2) is 7.85. The number of para-hydroxylation sites is 3. The van der Waals surface area contributed by atoms with E-state index in [1.54, 1.807) is 36.5 Å². The lowest BCUT2D eigenvalue weighted by atomic mass is 10.1. The largest absolute Gasteiger partial charge is 0.420 e. The Morgan fingerprint density at radius 2 is 1.81 bits per heavy atom. The van der Waals surface area contributed by atoms with Gasteiger partial charge in [0.25, 0.3) is 0 Å². The van der Waals surface area contributed by atoms with Crippen molar-refractivity contribution in [3.05, 3.63) is 93.9 Å². The molecule has 0 saturated heterocycles. The Morgan fingerprint density at radius 1 is 1.06 bits per heavy atom. The van der Waals surface area contributed by atoms with Gasteiger partial charge in [0.2, 0.25) is 5.91 Å². The predicted molar refractivity (Wildman–Crippen MR) is 123 cm³/mol. The topological polar surface area (TPSA) is 77.1 Å². The summed E-state index contributed by atoms with van der Waals surface area (Å²) in [6.45, 7) is 1.68. The fourth-order valence-corrected chi connectivity index (χ4v) is 4.59. The molecule has 0 aliphatic carbocycles. The van der Waals surface area contributed by atoms with Gasteiger partial charge < -0.3 is 9.73 Å². The zero-order valence-corrected chi connectivity index (χ0v) is 17.6. The van der Waals surface area contributed by atoms with Crippen LogP contribution in [0.3, 0.4) is 0 Å². The maximum absolute atomic E-state index is 12.8. The number of fused-ring (bicyclic) bond motifs is 2. The average molecular weight is 430 g/mol. The minimum Gasteiger partial charge on any atom is -0.408 e. The molecule has 0 fully saturated rings. The molecule has 3 aromatic carbocycles. The fourth-order valence-electron chi connectivity index (χ4n) is 3.59.